The highest BCUT2D eigenvalue weighted by Crippen LogP contribution is 2.15. The molecule has 0 atom stereocenters. The number of carbonyl (C=O) groups is 2. The second-order valence-corrected chi connectivity index (χ2v) is 4.81. The zero-order chi connectivity index (χ0) is 16.7. The van der Waals surface area contributed by atoms with Gasteiger partial charge in [-0.2, -0.15) is 0 Å². The minimum atomic E-state index is -0.844. The molecule has 2 aromatic rings. The number of hydrogen-bond donors (Lipinski definition) is 0. The Hall–Kier alpha value is -2.88. The lowest BCUT2D eigenvalue weighted by atomic mass is 10.1. The van der Waals surface area contributed by atoms with Crippen LogP contribution in [0.2, 0.25) is 0 Å². The lowest BCUT2D eigenvalue weighted by Gasteiger charge is -2.07. The zero-order valence-corrected chi connectivity index (χ0v) is 13.0. The fourth-order valence-corrected chi connectivity index (χ4v) is 1.93. The summed E-state index contributed by atoms with van der Waals surface area (Å²) in [7, 11) is 0. The third-order valence-electron chi connectivity index (χ3n) is 3.20. The summed E-state index contributed by atoms with van der Waals surface area (Å²) >= 11 is 0. The van der Waals surface area contributed by atoms with Crippen molar-refractivity contribution < 1.29 is 19.1 Å². The SMILES string of the molecule is C=Cc1ccc(COc2ccc(C(=O)C(=O)OCC)cc2)cc1. The molecule has 0 spiro atoms. The molecular formula is C19H18O4. The number of ketones is 1. The molecule has 0 heterocycles. The number of esters is 1. The molecule has 4 heteroatoms. The molecule has 23 heavy (non-hydrogen) atoms. The molecule has 118 valence electrons. The van der Waals surface area contributed by atoms with E-state index in [0.717, 1.165) is 11.1 Å². The number of hydrogen-bond acceptors (Lipinski definition) is 4. The van der Waals surface area contributed by atoms with E-state index >= 15 is 0 Å². The minimum absolute atomic E-state index is 0.177. The summed E-state index contributed by atoms with van der Waals surface area (Å²) in [5.41, 5.74) is 2.36. The monoisotopic (exact) mass is 310 g/mol. The van der Waals surface area contributed by atoms with Crippen molar-refractivity contribution in [2.75, 3.05) is 6.61 Å². The van der Waals surface area contributed by atoms with E-state index in [1.807, 2.05) is 24.3 Å². The van der Waals surface area contributed by atoms with Gasteiger partial charge in [0.15, 0.2) is 0 Å². The maximum atomic E-state index is 11.8. The normalized spacial score (nSPS) is 9.96. The average molecular weight is 310 g/mol. The maximum Gasteiger partial charge on any atom is 0.379 e. The van der Waals surface area contributed by atoms with Crippen LogP contribution in [0.25, 0.3) is 6.08 Å². The second-order valence-electron chi connectivity index (χ2n) is 4.81. The Bertz CT molecular complexity index is 684. The molecule has 2 aromatic carbocycles. The second kappa shape index (κ2) is 7.94. The van der Waals surface area contributed by atoms with Gasteiger partial charge in [0.1, 0.15) is 12.4 Å². The van der Waals surface area contributed by atoms with Crippen molar-refractivity contribution in [3.8, 4) is 5.75 Å². The third kappa shape index (κ3) is 4.54. The quantitative estimate of drug-likeness (QED) is 0.445. The first-order chi connectivity index (χ1) is 11.1. The topological polar surface area (TPSA) is 52.6 Å². The molecule has 0 N–H and O–H groups in total. The Morgan fingerprint density at radius 1 is 1.04 bits per heavy atom. The van der Waals surface area contributed by atoms with E-state index < -0.39 is 11.8 Å². The standard InChI is InChI=1S/C19H18O4/c1-3-14-5-7-15(8-6-14)13-23-17-11-9-16(10-12-17)18(20)19(21)22-4-2/h3,5-12H,1,4,13H2,2H3. The van der Waals surface area contributed by atoms with Crippen LogP contribution >= 0.6 is 0 Å². The fourth-order valence-electron chi connectivity index (χ4n) is 1.93. The number of ether oxygens (including phenoxy) is 2. The largest absolute Gasteiger partial charge is 0.489 e. The van der Waals surface area contributed by atoms with Gasteiger partial charge in [-0.15, -0.1) is 0 Å². The summed E-state index contributed by atoms with van der Waals surface area (Å²) in [5, 5.41) is 0. The van der Waals surface area contributed by atoms with E-state index in [1.54, 1.807) is 37.3 Å². The van der Waals surface area contributed by atoms with Crippen LogP contribution in [-0.4, -0.2) is 18.4 Å². The zero-order valence-electron chi connectivity index (χ0n) is 13.0. The average Bonchev–Trinajstić information content (AvgIpc) is 2.60. The molecule has 2 rings (SSSR count). The maximum absolute atomic E-state index is 11.8. The van der Waals surface area contributed by atoms with Crippen molar-refractivity contribution in [3.05, 3.63) is 71.8 Å². The van der Waals surface area contributed by atoms with Gasteiger partial charge in [-0.05, 0) is 42.3 Å². The van der Waals surface area contributed by atoms with Crippen LogP contribution < -0.4 is 4.74 Å². The molecule has 0 aliphatic heterocycles. The van der Waals surface area contributed by atoms with E-state index in [1.165, 1.54) is 0 Å². The van der Waals surface area contributed by atoms with E-state index in [-0.39, 0.29) is 12.2 Å². The summed E-state index contributed by atoms with van der Waals surface area (Å²) in [6.07, 6.45) is 1.78. The summed E-state index contributed by atoms with van der Waals surface area (Å²) in [5.74, 6) is -0.875. The summed E-state index contributed by atoms with van der Waals surface area (Å²) in [4.78, 5) is 23.1. The van der Waals surface area contributed by atoms with Crippen LogP contribution in [0.4, 0.5) is 0 Å². The number of Topliss-reactive ketones (excluding diaryl/α,β-unsaturated/α-hetero) is 1. The smallest absolute Gasteiger partial charge is 0.379 e. The Kier molecular flexibility index (Phi) is 5.69. The number of benzene rings is 2. The van der Waals surface area contributed by atoms with Gasteiger partial charge in [0.2, 0.25) is 0 Å². The summed E-state index contributed by atoms with van der Waals surface area (Å²) < 4.78 is 10.3. The molecule has 0 aliphatic carbocycles. The van der Waals surface area contributed by atoms with Gasteiger partial charge in [0.25, 0.3) is 5.78 Å². The summed E-state index contributed by atoms with van der Waals surface area (Å²) in [6, 6.07) is 14.3. The minimum Gasteiger partial charge on any atom is -0.489 e. The summed E-state index contributed by atoms with van der Waals surface area (Å²) in [6.45, 7) is 5.96. The van der Waals surface area contributed by atoms with E-state index in [2.05, 4.69) is 11.3 Å². The first-order valence-electron chi connectivity index (χ1n) is 7.29. The molecule has 0 fully saturated rings. The van der Waals surface area contributed by atoms with Gasteiger partial charge in [-0.3, -0.25) is 4.79 Å². The molecule has 0 radical (unpaired) electrons. The molecule has 0 aromatic heterocycles. The van der Waals surface area contributed by atoms with Gasteiger partial charge in [-0.1, -0.05) is 36.9 Å². The lowest BCUT2D eigenvalue weighted by Crippen LogP contribution is -2.17. The Balaban J connectivity index is 1.95. The molecule has 4 nitrogen and oxygen atoms in total. The van der Waals surface area contributed by atoms with Crippen molar-refractivity contribution in [1.29, 1.82) is 0 Å². The fraction of sp³-hybridized carbons (Fsp3) is 0.158. The predicted molar refractivity (Wildman–Crippen MR) is 88.3 cm³/mol. The van der Waals surface area contributed by atoms with Crippen molar-refractivity contribution in [2.24, 2.45) is 0 Å². The molecular weight excluding hydrogens is 292 g/mol. The van der Waals surface area contributed by atoms with Crippen LogP contribution in [0.15, 0.2) is 55.1 Å². The van der Waals surface area contributed by atoms with E-state index in [0.29, 0.717) is 12.4 Å². The number of rotatable bonds is 7. The molecule has 0 aliphatic rings. The highest BCUT2D eigenvalue weighted by Gasteiger charge is 2.17. The third-order valence-corrected chi connectivity index (χ3v) is 3.20. The number of carbonyl (C=O) groups excluding carboxylic acids is 2. The van der Waals surface area contributed by atoms with Gasteiger partial charge < -0.3 is 9.47 Å². The van der Waals surface area contributed by atoms with Gasteiger partial charge in [0, 0.05) is 5.56 Å². The Labute approximate surface area is 135 Å². The highest BCUT2D eigenvalue weighted by atomic mass is 16.5. The van der Waals surface area contributed by atoms with Crippen LogP contribution in [0.5, 0.6) is 5.75 Å². The van der Waals surface area contributed by atoms with Crippen LogP contribution in [-0.2, 0) is 16.1 Å². The van der Waals surface area contributed by atoms with Crippen LogP contribution in [0, 0.1) is 0 Å². The first kappa shape index (κ1) is 16.5. The highest BCUT2D eigenvalue weighted by molar-refractivity contribution is 6.40. The van der Waals surface area contributed by atoms with Crippen molar-refractivity contribution >= 4 is 17.8 Å². The van der Waals surface area contributed by atoms with Crippen molar-refractivity contribution in [1.82, 2.24) is 0 Å². The van der Waals surface area contributed by atoms with Crippen molar-refractivity contribution in [2.45, 2.75) is 13.5 Å². The molecule has 0 saturated carbocycles. The van der Waals surface area contributed by atoms with Gasteiger partial charge in [0.05, 0.1) is 6.61 Å². The molecule has 0 unspecified atom stereocenters. The van der Waals surface area contributed by atoms with Crippen molar-refractivity contribution in [3.63, 3.8) is 0 Å². The van der Waals surface area contributed by atoms with E-state index in [4.69, 9.17) is 4.74 Å². The van der Waals surface area contributed by atoms with Gasteiger partial charge >= 0.3 is 5.97 Å². The van der Waals surface area contributed by atoms with E-state index in [9.17, 15) is 9.59 Å². The lowest BCUT2D eigenvalue weighted by molar-refractivity contribution is -0.137. The first-order valence-corrected chi connectivity index (χ1v) is 7.29. The molecule has 0 bridgehead atoms. The Morgan fingerprint density at radius 3 is 2.26 bits per heavy atom. The molecule has 0 amide bonds. The predicted octanol–water partition coefficient (Wildman–Crippen LogP) is 3.65. The Morgan fingerprint density at radius 2 is 1.70 bits per heavy atom. The molecule has 0 saturated heterocycles. The van der Waals surface area contributed by atoms with Crippen LogP contribution in [0.1, 0.15) is 28.4 Å². The van der Waals surface area contributed by atoms with Crippen LogP contribution in [0.3, 0.4) is 0 Å². The van der Waals surface area contributed by atoms with Gasteiger partial charge in [-0.25, -0.2) is 4.79 Å².